The van der Waals surface area contributed by atoms with E-state index < -0.39 is 0 Å². The highest BCUT2D eigenvalue weighted by molar-refractivity contribution is 5.80. The topological polar surface area (TPSA) is 53.7 Å². The molecule has 2 heterocycles. The predicted octanol–water partition coefficient (Wildman–Crippen LogP) is 3.19. The zero-order chi connectivity index (χ0) is 15.3. The van der Waals surface area contributed by atoms with Crippen LogP contribution in [0.25, 0.3) is 0 Å². The van der Waals surface area contributed by atoms with Gasteiger partial charge in [0.05, 0.1) is 6.54 Å². The SMILES string of the molecule is CN=C(NCc1ccon1)N1CCCC2(CCCCCC2)C1. The number of guanidine groups is 1. The number of nitrogens with one attached hydrogen (secondary N) is 1. The maximum atomic E-state index is 4.89. The molecule has 0 unspecified atom stereocenters. The van der Waals surface area contributed by atoms with E-state index in [9.17, 15) is 0 Å². The number of hydrogen-bond acceptors (Lipinski definition) is 3. The van der Waals surface area contributed by atoms with Crippen LogP contribution in [0.15, 0.2) is 21.8 Å². The lowest BCUT2D eigenvalue weighted by Gasteiger charge is -2.44. The van der Waals surface area contributed by atoms with Crippen molar-refractivity contribution >= 4 is 5.96 Å². The van der Waals surface area contributed by atoms with Gasteiger partial charge < -0.3 is 14.7 Å². The van der Waals surface area contributed by atoms with Crippen molar-refractivity contribution in [3.63, 3.8) is 0 Å². The first kappa shape index (κ1) is 15.4. The van der Waals surface area contributed by atoms with Crippen molar-refractivity contribution in [3.05, 3.63) is 18.0 Å². The van der Waals surface area contributed by atoms with Crippen molar-refractivity contribution < 1.29 is 4.52 Å². The molecule has 5 nitrogen and oxygen atoms in total. The Labute approximate surface area is 133 Å². The van der Waals surface area contributed by atoms with Crippen LogP contribution < -0.4 is 5.32 Å². The molecule has 5 heteroatoms. The second kappa shape index (κ2) is 7.16. The lowest BCUT2D eigenvalue weighted by Crippen LogP contribution is -2.50. The van der Waals surface area contributed by atoms with E-state index in [-0.39, 0.29) is 0 Å². The van der Waals surface area contributed by atoms with Gasteiger partial charge >= 0.3 is 0 Å². The number of nitrogens with zero attached hydrogens (tertiary/aromatic N) is 3. The van der Waals surface area contributed by atoms with Crippen LogP contribution in [-0.4, -0.2) is 36.2 Å². The summed E-state index contributed by atoms with van der Waals surface area (Å²) < 4.78 is 4.89. The van der Waals surface area contributed by atoms with Crippen molar-refractivity contribution in [2.75, 3.05) is 20.1 Å². The van der Waals surface area contributed by atoms with Crippen molar-refractivity contribution in [2.45, 2.75) is 57.9 Å². The summed E-state index contributed by atoms with van der Waals surface area (Å²) in [6.45, 7) is 2.94. The van der Waals surface area contributed by atoms with Crippen LogP contribution in [0.1, 0.15) is 57.1 Å². The van der Waals surface area contributed by atoms with E-state index in [0.29, 0.717) is 12.0 Å². The van der Waals surface area contributed by atoms with E-state index in [1.807, 2.05) is 13.1 Å². The molecule has 0 radical (unpaired) electrons. The highest BCUT2D eigenvalue weighted by Gasteiger charge is 2.36. The summed E-state index contributed by atoms with van der Waals surface area (Å²) in [4.78, 5) is 6.94. The molecule has 1 aromatic rings. The molecule has 1 N–H and O–H groups in total. The van der Waals surface area contributed by atoms with Gasteiger partial charge in [-0.1, -0.05) is 30.8 Å². The van der Waals surface area contributed by atoms with E-state index in [0.717, 1.165) is 24.7 Å². The van der Waals surface area contributed by atoms with Crippen LogP contribution in [-0.2, 0) is 6.54 Å². The highest BCUT2D eigenvalue weighted by atomic mass is 16.5. The molecule has 1 spiro atoms. The zero-order valence-corrected chi connectivity index (χ0v) is 13.7. The van der Waals surface area contributed by atoms with Gasteiger partial charge in [0.25, 0.3) is 0 Å². The van der Waals surface area contributed by atoms with Gasteiger partial charge in [0.15, 0.2) is 5.96 Å². The lowest BCUT2D eigenvalue weighted by molar-refractivity contribution is 0.115. The van der Waals surface area contributed by atoms with E-state index in [1.165, 1.54) is 51.4 Å². The summed E-state index contributed by atoms with van der Waals surface area (Å²) >= 11 is 0. The Morgan fingerprint density at radius 3 is 2.73 bits per heavy atom. The molecule has 2 aliphatic rings. The average Bonchev–Trinajstić information content (AvgIpc) is 2.96. The Bertz CT molecular complexity index is 475. The van der Waals surface area contributed by atoms with Gasteiger partial charge in [0.2, 0.25) is 0 Å². The first-order valence-corrected chi connectivity index (χ1v) is 8.66. The van der Waals surface area contributed by atoms with Crippen LogP contribution in [0.4, 0.5) is 0 Å². The lowest BCUT2D eigenvalue weighted by atomic mass is 9.74. The first-order valence-electron chi connectivity index (χ1n) is 8.66. The van der Waals surface area contributed by atoms with Gasteiger partial charge in [-0.15, -0.1) is 0 Å². The molecule has 0 bridgehead atoms. The number of likely N-dealkylation sites (tertiary alicyclic amines) is 1. The maximum Gasteiger partial charge on any atom is 0.193 e. The minimum absolute atomic E-state index is 0.528. The summed E-state index contributed by atoms with van der Waals surface area (Å²) in [5.74, 6) is 1.01. The minimum atomic E-state index is 0.528. The van der Waals surface area contributed by atoms with Gasteiger partial charge in [-0.2, -0.15) is 0 Å². The third-order valence-electron chi connectivity index (χ3n) is 5.26. The number of aromatic nitrogens is 1. The second-order valence-electron chi connectivity index (χ2n) is 6.83. The van der Waals surface area contributed by atoms with Crippen molar-refractivity contribution in [1.29, 1.82) is 0 Å². The fraction of sp³-hybridized carbons (Fsp3) is 0.765. The standard InChI is InChI=1S/C17H28N4O/c1-18-16(19-13-15-7-12-22-20-15)21-11-6-10-17(14-21)8-4-2-3-5-9-17/h7,12H,2-6,8-11,13-14H2,1H3,(H,18,19). The monoisotopic (exact) mass is 304 g/mol. The Kier molecular flexibility index (Phi) is 5.01. The predicted molar refractivity (Wildman–Crippen MR) is 87.6 cm³/mol. The number of piperidine rings is 1. The molecule has 0 atom stereocenters. The summed E-state index contributed by atoms with van der Waals surface area (Å²) in [5.41, 5.74) is 1.45. The number of hydrogen-bond donors (Lipinski definition) is 1. The van der Waals surface area contributed by atoms with Crippen molar-refractivity contribution in [3.8, 4) is 0 Å². The van der Waals surface area contributed by atoms with Crippen LogP contribution in [0.3, 0.4) is 0 Å². The fourth-order valence-electron chi connectivity index (χ4n) is 4.11. The molecule has 122 valence electrons. The summed E-state index contributed by atoms with van der Waals surface area (Å²) in [7, 11) is 1.87. The molecule has 1 aliphatic heterocycles. The van der Waals surface area contributed by atoms with Crippen LogP contribution >= 0.6 is 0 Å². The normalized spacial score (nSPS) is 22.6. The van der Waals surface area contributed by atoms with Gasteiger partial charge in [-0.25, -0.2) is 0 Å². The van der Waals surface area contributed by atoms with E-state index in [2.05, 4.69) is 20.4 Å². The summed E-state index contributed by atoms with van der Waals surface area (Å²) in [6.07, 6.45) is 12.7. The molecule has 1 saturated heterocycles. The zero-order valence-electron chi connectivity index (χ0n) is 13.7. The molecule has 0 aromatic carbocycles. The van der Waals surface area contributed by atoms with Crippen molar-refractivity contribution in [1.82, 2.24) is 15.4 Å². The van der Waals surface area contributed by atoms with Gasteiger partial charge in [-0.05, 0) is 31.1 Å². The minimum Gasteiger partial charge on any atom is -0.364 e. The smallest absolute Gasteiger partial charge is 0.193 e. The highest BCUT2D eigenvalue weighted by Crippen LogP contribution is 2.42. The maximum absolute atomic E-state index is 4.89. The molecule has 0 amide bonds. The quantitative estimate of drug-likeness (QED) is 0.673. The van der Waals surface area contributed by atoms with Crippen LogP contribution in [0.2, 0.25) is 0 Å². The third-order valence-corrected chi connectivity index (χ3v) is 5.26. The molecule has 1 aromatic heterocycles. The van der Waals surface area contributed by atoms with Crippen LogP contribution in [0.5, 0.6) is 0 Å². The average molecular weight is 304 g/mol. The van der Waals surface area contributed by atoms with Crippen LogP contribution in [0, 0.1) is 5.41 Å². The number of aliphatic imine (C=N–C) groups is 1. The van der Waals surface area contributed by atoms with Gasteiger partial charge in [-0.3, -0.25) is 4.99 Å². The van der Waals surface area contributed by atoms with E-state index >= 15 is 0 Å². The largest absolute Gasteiger partial charge is 0.364 e. The van der Waals surface area contributed by atoms with E-state index in [4.69, 9.17) is 4.52 Å². The molecule has 2 fully saturated rings. The second-order valence-corrected chi connectivity index (χ2v) is 6.83. The Morgan fingerprint density at radius 2 is 2.05 bits per heavy atom. The molecule has 22 heavy (non-hydrogen) atoms. The van der Waals surface area contributed by atoms with Gasteiger partial charge in [0.1, 0.15) is 12.0 Å². The summed E-state index contributed by atoms with van der Waals surface area (Å²) in [5, 5.41) is 7.38. The van der Waals surface area contributed by atoms with Crippen molar-refractivity contribution in [2.24, 2.45) is 10.4 Å². The molecule has 1 aliphatic carbocycles. The fourth-order valence-corrected chi connectivity index (χ4v) is 4.11. The Morgan fingerprint density at radius 1 is 1.27 bits per heavy atom. The first-order chi connectivity index (χ1) is 10.8. The molecular weight excluding hydrogens is 276 g/mol. The Balaban J connectivity index is 1.61. The molecule has 3 rings (SSSR count). The van der Waals surface area contributed by atoms with E-state index in [1.54, 1.807) is 6.26 Å². The number of rotatable bonds is 2. The Hall–Kier alpha value is -1.52. The summed E-state index contributed by atoms with van der Waals surface area (Å²) in [6, 6.07) is 1.89. The van der Waals surface area contributed by atoms with Gasteiger partial charge in [0, 0.05) is 26.2 Å². The third kappa shape index (κ3) is 3.62. The molecule has 1 saturated carbocycles. The molecular formula is C17H28N4O.